The summed E-state index contributed by atoms with van der Waals surface area (Å²) in [5.41, 5.74) is 1.79. The molecular weight excluding hydrogens is 312 g/mol. The fraction of sp³-hybridized carbons (Fsp3) is 0.588. The molecule has 2 heterocycles. The molecule has 1 aliphatic heterocycles. The molecule has 0 unspecified atom stereocenters. The first-order valence-electron chi connectivity index (χ1n) is 8.08. The Bertz CT molecular complexity index is 559. The minimum absolute atomic E-state index is 0. The summed E-state index contributed by atoms with van der Waals surface area (Å²) in [6.07, 6.45) is 9.44. The lowest BCUT2D eigenvalue weighted by Gasteiger charge is -2.19. The number of amides is 1. The van der Waals surface area contributed by atoms with Crippen LogP contribution in [0.25, 0.3) is 0 Å². The van der Waals surface area contributed by atoms with E-state index >= 15 is 0 Å². The first kappa shape index (κ1) is 17.9. The second-order valence-corrected chi connectivity index (χ2v) is 6.50. The molecule has 0 radical (unpaired) electrons. The van der Waals surface area contributed by atoms with Gasteiger partial charge in [-0.2, -0.15) is 0 Å². The Morgan fingerprint density at radius 3 is 2.78 bits per heavy atom. The minimum atomic E-state index is -0.103. The van der Waals surface area contributed by atoms with Crippen molar-refractivity contribution in [3.63, 3.8) is 0 Å². The maximum Gasteiger partial charge on any atom is 0.271 e. The summed E-state index contributed by atoms with van der Waals surface area (Å²) in [5.74, 6) is 1.25. The number of hydrogen-bond acceptors (Lipinski definition) is 4. The molecule has 1 amide bonds. The van der Waals surface area contributed by atoms with Crippen LogP contribution in [-0.4, -0.2) is 46.5 Å². The molecule has 2 aliphatic rings. The smallest absolute Gasteiger partial charge is 0.271 e. The molecule has 1 saturated carbocycles. The highest BCUT2D eigenvalue weighted by molar-refractivity contribution is 5.92. The summed E-state index contributed by atoms with van der Waals surface area (Å²) in [6.45, 7) is 7.26. The van der Waals surface area contributed by atoms with Crippen molar-refractivity contribution in [1.29, 1.82) is 0 Å². The van der Waals surface area contributed by atoms with Gasteiger partial charge in [-0.1, -0.05) is 11.6 Å². The zero-order valence-electron chi connectivity index (χ0n) is 13.7. The van der Waals surface area contributed by atoms with E-state index in [4.69, 9.17) is 0 Å². The van der Waals surface area contributed by atoms with E-state index in [0.29, 0.717) is 11.6 Å². The van der Waals surface area contributed by atoms with Crippen molar-refractivity contribution in [1.82, 2.24) is 20.2 Å². The quantitative estimate of drug-likeness (QED) is 0.838. The number of aromatic nitrogens is 2. The van der Waals surface area contributed by atoms with Gasteiger partial charge in [-0.25, -0.2) is 4.98 Å². The molecule has 6 heteroatoms. The molecule has 2 fully saturated rings. The Kier molecular flexibility index (Phi) is 6.13. The van der Waals surface area contributed by atoms with Crippen molar-refractivity contribution in [3.05, 3.63) is 35.9 Å². The second kappa shape index (κ2) is 7.88. The Balaban J connectivity index is 0.00000192. The molecule has 23 heavy (non-hydrogen) atoms. The Hall–Kier alpha value is -1.46. The van der Waals surface area contributed by atoms with E-state index in [-0.39, 0.29) is 24.4 Å². The summed E-state index contributed by atoms with van der Waals surface area (Å²) in [5, 5.41) is 3.19. The van der Waals surface area contributed by atoms with Crippen molar-refractivity contribution < 1.29 is 4.79 Å². The van der Waals surface area contributed by atoms with Crippen molar-refractivity contribution in [3.8, 4) is 0 Å². The van der Waals surface area contributed by atoms with Gasteiger partial charge in [-0.05, 0) is 38.5 Å². The molecule has 0 aromatic carbocycles. The Labute approximate surface area is 144 Å². The summed E-state index contributed by atoms with van der Waals surface area (Å²) >= 11 is 0. The molecule has 0 bridgehead atoms. The van der Waals surface area contributed by atoms with Crippen molar-refractivity contribution in [2.75, 3.05) is 19.6 Å². The van der Waals surface area contributed by atoms with E-state index in [1.165, 1.54) is 24.6 Å². The number of nitrogens with zero attached hydrogens (tertiary/aromatic N) is 3. The lowest BCUT2D eigenvalue weighted by atomic mass is 9.98. The van der Waals surface area contributed by atoms with Crippen LogP contribution < -0.4 is 5.32 Å². The fourth-order valence-electron chi connectivity index (χ4n) is 3.30. The Morgan fingerprint density at radius 2 is 2.17 bits per heavy atom. The van der Waals surface area contributed by atoms with Crippen LogP contribution in [0.2, 0.25) is 0 Å². The predicted octanol–water partition coefficient (Wildman–Crippen LogP) is 2.30. The van der Waals surface area contributed by atoms with E-state index in [2.05, 4.69) is 40.1 Å². The number of halogens is 1. The van der Waals surface area contributed by atoms with Crippen molar-refractivity contribution >= 4 is 18.3 Å². The highest BCUT2D eigenvalue weighted by Crippen LogP contribution is 2.41. The summed E-state index contributed by atoms with van der Waals surface area (Å²) < 4.78 is 0. The van der Waals surface area contributed by atoms with Gasteiger partial charge < -0.3 is 5.32 Å². The fourth-order valence-corrected chi connectivity index (χ4v) is 3.30. The van der Waals surface area contributed by atoms with Gasteiger partial charge in [0.05, 0.1) is 6.20 Å². The molecule has 0 spiro atoms. The van der Waals surface area contributed by atoms with Gasteiger partial charge in [0.25, 0.3) is 5.91 Å². The molecule has 2 atom stereocenters. The van der Waals surface area contributed by atoms with E-state index < -0.39 is 0 Å². The standard InChI is InChI=1S/C17H24N4O.ClH/c1-3-12(2)9-21-10-14(13-4-5-13)16(11-21)20-17(22)15-8-18-6-7-19-15;/h3,6-8,13-14,16H,4-5,9-11H2,1-2H3,(H,20,22);1H/b12-3+;/t14-,16+;/m1./s1. The number of carbonyl (C=O) groups excluding carboxylic acids is 1. The van der Waals surface area contributed by atoms with Crippen LogP contribution in [-0.2, 0) is 0 Å². The summed E-state index contributed by atoms with van der Waals surface area (Å²) in [7, 11) is 0. The van der Waals surface area contributed by atoms with Crippen LogP contribution >= 0.6 is 12.4 Å². The third-order valence-corrected chi connectivity index (χ3v) is 4.75. The van der Waals surface area contributed by atoms with E-state index in [0.717, 1.165) is 25.6 Å². The molecular formula is C17H25ClN4O. The van der Waals surface area contributed by atoms with Crippen LogP contribution in [0.1, 0.15) is 37.2 Å². The average molecular weight is 337 g/mol. The highest BCUT2D eigenvalue weighted by atomic mass is 35.5. The molecule has 1 aromatic heterocycles. The first-order valence-corrected chi connectivity index (χ1v) is 8.08. The first-order chi connectivity index (χ1) is 10.7. The van der Waals surface area contributed by atoms with Gasteiger partial charge in [0, 0.05) is 38.1 Å². The zero-order chi connectivity index (χ0) is 15.5. The SMILES string of the molecule is C/C=C(\C)CN1C[C@H](NC(=O)c2cnccn2)[C@@H](C2CC2)C1.Cl. The lowest BCUT2D eigenvalue weighted by molar-refractivity contribution is 0.0922. The number of likely N-dealkylation sites (tertiary alicyclic amines) is 1. The van der Waals surface area contributed by atoms with Crippen molar-refractivity contribution in [2.45, 2.75) is 32.7 Å². The van der Waals surface area contributed by atoms with E-state index in [1.54, 1.807) is 12.4 Å². The van der Waals surface area contributed by atoms with Crippen LogP contribution in [0.15, 0.2) is 30.2 Å². The maximum atomic E-state index is 12.3. The largest absolute Gasteiger partial charge is 0.346 e. The van der Waals surface area contributed by atoms with Gasteiger partial charge in [-0.3, -0.25) is 14.7 Å². The van der Waals surface area contributed by atoms with Crippen LogP contribution in [0.5, 0.6) is 0 Å². The zero-order valence-corrected chi connectivity index (χ0v) is 14.6. The number of hydrogen-bond donors (Lipinski definition) is 1. The average Bonchev–Trinajstić information content (AvgIpc) is 3.31. The maximum absolute atomic E-state index is 12.3. The summed E-state index contributed by atoms with van der Waals surface area (Å²) in [6, 6.07) is 0.228. The minimum Gasteiger partial charge on any atom is -0.346 e. The normalized spacial score (nSPS) is 25.0. The lowest BCUT2D eigenvalue weighted by Crippen LogP contribution is -2.41. The van der Waals surface area contributed by atoms with Gasteiger partial charge in [0.15, 0.2) is 0 Å². The van der Waals surface area contributed by atoms with Crippen LogP contribution in [0.4, 0.5) is 0 Å². The number of rotatable bonds is 5. The molecule has 1 saturated heterocycles. The van der Waals surface area contributed by atoms with E-state index in [1.807, 2.05) is 0 Å². The molecule has 1 N–H and O–H groups in total. The highest BCUT2D eigenvalue weighted by Gasteiger charge is 2.43. The second-order valence-electron chi connectivity index (χ2n) is 6.50. The third kappa shape index (κ3) is 4.52. The molecule has 1 aromatic rings. The van der Waals surface area contributed by atoms with E-state index in [9.17, 15) is 4.79 Å². The third-order valence-electron chi connectivity index (χ3n) is 4.75. The van der Waals surface area contributed by atoms with Gasteiger partial charge >= 0.3 is 0 Å². The van der Waals surface area contributed by atoms with Crippen LogP contribution in [0, 0.1) is 11.8 Å². The Morgan fingerprint density at radius 1 is 1.39 bits per heavy atom. The monoisotopic (exact) mass is 336 g/mol. The van der Waals surface area contributed by atoms with Gasteiger partial charge in [-0.15, -0.1) is 12.4 Å². The molecule has 5 nitrogen and oxygen atoms in total. The molecule has 1 aliphatic carbocycles. The molecule has 3 rings (SSSR count). The number of nitrogens with one attached hydrogen (secondary N) is 1. The topological polar surface area (TPSA) is 58.1 Å². The van der Waals surface area contributed by atoms with Gasteiger partial charge in [0.1, 0.15) is 5.69 Å². The number of carbonyl (C=O) groups is 1. The predicted molar refractivity (Wildman–Crippen MR) is 92.6 cm³/mol. The molecule has 126 valence electrons. The van der Waals surface area contributed by atoms with Crippen molar-refractivity contribution in [2.24, 2.45) is 11.8 Å². The van der Waals surface area contributed by atoms with Crippen LogP contribution in [0.3, 0.4) is 0 Å². The van der Waals surface area contributed by atoms with Gasteiger partial charge in [0.2, 0.25) is 0 Å². The summed E-state index contributed by atoms with van der Waals surface area (Å²) in [4.78, 5) is 22.8. The number of allylic oxidation sites excluding steroid dienone is 1.